The van der Waals surface area contributed by atoms with Crippen LogP contribution in [0.15, 0.2) is 24.5 Å². The standard InChI is InChI=1S/C24H35FN6O/c1-16(14-32-3)29-18-4-6-19(7-5-18)30-23-27-13-20(25)22(31-23)17-8-11-26-21(12-17)28-15-24(2)9-10-24/h8,11-13,16,18-19,29H,4-7,9-10,14-15H2,1-3H3,(H,26,28)(H,27,30,31). The average Bonchev–Trinajstić information content (AvgIpc) is 3.53. The van der Waals surface area contributed by atoms with E-state index in [0.29, 0.717) is 34.7 Å². The first kappa shape index (κ1) is 22.9. The van der Waals surface area contributed by atoms with Crippen LogP contribution in [0.3, 0.4) is 0 Å². The highest BCUT2D eigenvalue weighted by Gasteiger charge is 2.36. The Morgan fingerprint density at radius 1 is 1.19 bits per heavy atom. The van der Waals surface area contributed by atoms with Crippen LogP contribution in [0.4, 0.5) is 16.2 Å². The summed E-state index contributed by atoms with van der Waals surface area (Å²) >= 11 is 0. The maximum absolute atomic E-state index is 14.6. The topological polar surface area (TPSA) is 84.0 Å². The molecule has 2 aliphatic rings. The second kappa shape index (κ2) is 10.1. The van der Waals surface area contributed by atoms with Gasteiger partial charge in [0.1, 0.15) is 11.5 Å². The normalized spacial score (nSPS) is 22.9. The number of rotatable bonds is 10. The van der Waals surface area contributed by atoms with Crippen LogP contribution < -0.4 is 16.0 Å². The lowest BCUT2D eigenvalue weighted by molar-refractivity contribution is 0.161. The number of ether oxygens (including phenoxy) is 1. The first-order chi connectivity index (χ1) is 15.4. The van der Waals surface area contributed by atoms with Crippen LogP contribution in [0.5, 0.6) is 0 Å². The van der Waals surface area contributed by atoms with E-state index in [1.165, 1.54) is 19.0 Å². The molecule has 2 aromatic rings. The lowest BCUT2D eigenvalue weighted by Crippen LogP contribution is -2.43. The second-order valence-corrected chi connectivity index (χ2v) is 9.70. The second-order valence-electron chi connectivity index (χ2n) is 9.70. The lowest BCUT2D eigenvalue weighted by atomic mass is 9.91. The smallest absolute Gasteiger partial charge is 0.223 e. The van der Waals surface area contributed by atoms with Gasteiger partial charge in [-0.3, -0.25) is 0 Å². The summed E-state index contributed by atoms with van der Waals surface area (Å²) in [7, 11) is 1.73. The minimum absolute atomic E-state index is 0.290. The molecule has 7 nitrogen and oxygen atoms in total. The van der Waals surface area contributed by atoms with E-state index >= 15 is 0 Å². The molecule has 0 aromatic carbocycles. The molecule has 2 aromatic heterocycles. The third-order valence-electron chi connectivity index (χ3n) is 6.57. The van der Waals surface area contributed by atoms with Gasteiger partial charge in [-0.25, -0.2) is 19.3 Å². The van der Waals surface area contributed by atoms with Crippen LogP contribution in [-0.4, -0.2) is 53.3 Å². The Labute approximate surface area is 190 Å². The number of hydrogen-bond acceptors (Lipinski definition) is 7. The van der Waals surface area contributed by atoms with Crippen molar-refractivity contribution in [2.75, 3.05) is 30.9 Å². The first-order valence-electron chi connectivity index (χ1n) is 11.7. The molecule has 2 saturated carbocycles. The summed E-state index contributed by atoms with van der Waals surface area (Å²) < 4.78 is 19.8. The van der Waals surface area contributed by atoms with Crippen molar-refractivity contribution >= 4 is 11.8 Å². The van der Waals surface area contributed by atoms with E-state index in [9.17, 15) is 4.39 Å². The summed E-state index contributed by atoms with van der Waals surface area (Å²) in [6, 6.07) is 4.79. The third-order valence-corrected chi connectivity index (χ3v) is 6.57. The molecular formula is C24H35FN6O. The molecule has 2 heterocycles. The van der Waals surface area contributed by atoms with Crippen LogP contribution in [0.25, 0.3) is 11.3 Å². The van der Waals surface area contributed by atoms with Gasteiger partial charge in [0.15, 0.2) is 5.82 Å². The third kappa shape index (κ3) is 6.13. The average molecular weight is 443 g/mol. The van der Waals surface area contributed by atoms with Crippen molar-refractivity contribution in [2.45, 2.75) is 70.5 Å². The van der Waals surface area contributed by atoms with E-state index < -0.39 is 5.82 Å². The highest BCUT2D eigenvalue weighted by atomic mass is 19.1. The zero-order valence-corrected chi connectivity index (χ0v) is 19.3. The van der Waals surface area contributed by atoms with Gasteiger partial charge in [0.2, 0.25) is 5.95 Å². The van der Waals surface area contributed by atoms with Gasteiger partial charge in [0.25, 0.3) is 0 Å². The summed E-state index contributed by atoms with van der Waals surface area (Å²) in [6.07, 6.45) is 9.63. The number of aromatic nitrogens is 3. The van der Waals surface area contributed by atoms with E-state index in [2.05, 4.69) is 44.7 Å². The van der Waals surface area contributed by atoms with Crippen molar-refractivity contribution in [3.8, 4) is 11.3 Å². The van der Waals surface area contributed by atoms with Gasteiger partial charge >= 0.3 is 0 Å². The van der Waals surface area contributed by atoms with Gasteiger partial charge in [0.05, 0.1) is 12.8 Å². The predicted octanol–water partition coefficient (Wildman–Crippen LogP) is 4.24. The Morgan fingerprint density at radius 3 is 2.66 bits per heavy atom. The molecule has 0 saturated heterocycles. The first-order valence-corrected chi connectivity index (χ1v) is 11.7. The molecule has 0 spiro atoms. The van der Waals surface area contributed by atoms with Crippen LogP contribution in [0.1, 0.15) is 52.4 Å². The van der Waals surface area contributed by atoms with Gasteiger partial charge in [-0.1, -0.05) is 6.92 Å². The molecule has 174 valence electrons. The van der Waals surface area contributed by atoms with Crippen LogP contribution >= 0.6 is 0 Å². The van der Waals surface area contributed by atoms with E-state index in [1.54, 1.807) is 19.4 Å². The molecule has 4 rings (SSSR count). The largest absolute Gasteiger partial charge is 0.383 e. The van der Waals surface area contributed by atoms with Gasteiger partial charge in [-0.2, -0.15) is 0 Å². The zero-order chi connectivity index (χ0) is 22.6. The van der Waals surface area contributed by atoms with Crippen molar-refractivity contribution in [1.82, 2.24) is 20.3 Å². The van der Waals surface area contributed by atoms with Gasteiger partial charge in [-0.05, 0) is 63.0 Å². The highest BCUT2D eigenvalue weighted by Crippen LogP contribution is 2.44. The predicted molar refractivity (Wildman–Crippen MR) is 125 cm³/mol. The maximum Gasteiger partial charge on any atom is 0.223 e. The molecule has 2 fully saturated rings. The summed E-state index contributed by atoms with van der Waals surface area (Å²) in [4.78, 5) is 13.1. The zero-order valence-electron chi connectivity index (χ0n) is 19.3. The fourth-order valence-electron chi connectivity index (χ4n) is 4.30. The maximum atomic E-state index is 14.6. The fourth-order valence-corrected chi connectivity index (χ4v) is 4.30. The summed E-state index contributed by atoms with van der Waals surface area (Å²) in [6.45, 7) is 6.00. The lowest BCUT2D eigenvalue weighted by Gasteiger charge is -2.31. The minimum Gasteiger partial charge on any atom is -0.383 e. The molecular weight excluding hydrogens is 407 g/mol. The minimum atomic E-state index is -0.429. The molecule has 0 radical (unpaired) electrons. The van der Waals surface area contributed by atoms with E-state index in [1.807, 2.05) is 6.07 Å². The molecule has 3 N–H and O–H groups in total. The summed E-state index contributed by atoms with van der Waals surface area (Å²) in [5, 5.41) is 10.4. The Bertz CT molecular complexity index is 898. The molecule has 2 aliphatic carbocycles. The van der Waals surface area contributed by atoms with E-state index in [-0.39, 0.29) is 6.04 Å². The molecule has 8 heteroatoms. The SMILES string of the molecule is COCC(C)NC1CCC(Nc2ncc(F)c(-c3ccnc(NCC4(C)CC4)c3)n2)CC1. The number of methoxy groups -OCH3 is 1. The highest BCUT2D eigenvalue weighted by molar-refractivity contribution is 5.64. The Hall–Kier alpha value is -2.32. The number of halogens is 1. The van der Waals surface area contributed by atoms with Crippen molar-refractivity contribution in [2.24, 2.45) is 5.41 Å². The Kier molecular flexibility index (Phi) is 7.20. The van der Waals surface area contributed by atoms with Gasteiger partial charge in [-0.15, -0.1) is 0 Å². The number of pyridine rings is 1. The van der Waals surface area contributed by atoms with Gasteiger partial charge in [0, 0.05) is 43.5 Å². The van der Waals surface area contributed by atoms with Crippen LogP contribution in [0.2, 0.25) is 0 Å². The number of nitrogens with zero attached hydrogens (tertiary/aromatic N) is 3. The fraction of sp³-hybridized carbons (Fsp3) is 0.625. The Balaban J connectivity index is 1.36. The number of nitrogens with one attached hydrogen (secondary N) is 3. The summed E-state index contributed by atoms with van der Waals surface area (Å²) in [5.41, 5.74) is 1.37. The van der Waals surface area contributed by atoms with Crippen molar-refractivity contribution in [3.05, 3.63) is 30.3 Å². The van der Waals surface area contributed by atoms with E-state index in [0.717, 1.165) is 44.7 Å². The van der Waals surface area contributed by atoms with Crippen molar-refractivity contribution in [3.63, 3.8) is 0 Å². The van der Waals surface area contributed by atoms with Crippen molar-refractivity contribution < 1.29 is 9.13 Å². The molecule has 0 bridgehead atoms. The monoisotopic (exact) mass is 442 g/mol. The molecule has 0 amide bonds. The molecule has 0 aliphatic heterocycles. The van der Waals surface area contributed by atoms with Crippen LogP contribution in [-0.2, 0) is 4.74 Å². The summed E-state index contributed by atoms with van der Waals surface area (Å²) in [5.74, 6) is 0.793. The van der Waals surface area contributed by atoms with Crippen LogP contribution in [0, 0.1) is 11.2 Å². The molecule has 32 heavy (non-hydrogen) atoms. The van der Waals surface area contributed by atoms with Crippen molar-refractivity contribution in [1.29, 1.82) is 0 Å². The molecule has 1 atom stereocenters. The number of anilines is 2. The Morgan fingerprint density at radius 2 is 1.94 bits per heavy atom. The molecule has 1 unspecified atom stereocenters. The number of hydrogen-bond donors (Lipinski definition) is 3. The van der Waals surface area contributed by atoms with E-state index in [4.69, 9.17) is 4.74 Å². The van der Waals surface area contributed by atoms with Gasteiger partial charge < -0.3 is 20.7 Å². The quantitative estimate of drug-likeness (QED) is 0.508.